The number of benzene rings is 1. The molecule has 16 heavy (non-hydrogen) atoms. The largest absolute Gasteiger partial charge is 0.492 e. The first-order valence-electron chi connectivity index (χ1n) is 5.82. The average molecular weight is 242 g/mol. The summed E-state index contributed by atoms with van der Waals surface area (Å²) in [5.41, 5.74) is 0. The Hall–Kier alpha value is -0.730. The van der Waals surface area contributed by atoms with Gasteiger partial charge in [-0.15, -0.1) is 0 Å². The van der Waals surface area contributed by atoms with Crippen molar-refractivity contribution >= 4 is 11.6 Å². The van der Waals surface area contributed by atoms with E-state index in [-0.39, 0.29) is 0 Å². The zero-order chi connectivity index (χ0) is 11.8. The quantitative estimate of drug-likeness (QED) is 0.789. The molecule has 0 aromatic heterocycles. The van der Waals surface area contributed by atoms with E-state index in [0.717, 1.165) is 12.2 Å². The molecule has 0 spiro atoms. The highest BCUT2D eigenvalue weighted by Gasteiger charge is 2.06. The van der Waals surface area contributed by atoms with Gasteiger partial charge >= 0.3 is 0 Å². The van der Waals surface area contributed by atoms with Gasteiger partial charge in [0, 0.05) is 11.1 Å². The Kier molecular flexibility index (Phi) is 6.27. The Balaban J connectivity index is 2.37. The Morgan fingerprint density at radius 2 is 2.25 bits per heavy atom. The Morgan fingerprint density at radius 3 is 2.88 bits per heavy atom. The molecule has 0 amide bonds. The lowest BCUT2D eigenvalue weighted by atomic mass is 10.1. The molecule has 1 atom stereocenters. The van der Waals surface area contributed by atoms with Crippen molar-refractivity contribution in [3.8, 4) is 5.75 Å². The molecule has 0 aliphatic heterocycles. The van der Waals surface area contributed by atoms with Crippen molar-refractivity contribution < 1.29 is 4.74 Å². The van der Waals surface area contributed by atoms with E-state index in [4.69, 9.17) is 16.3 Å². The van der Waals surface area contributed by atoms with Gasteiger partial charge in [-0.2, -0.15) is 0 Å². The fraction of sp³-hybridized carbons (Fsp3) is 0.538. The van der Waals surface area contributed by atoms with Crippen LogP contribution in [0.2, 0.25) is 5.02 Å². The molecule has 0 heterocycles. The smallest absolute Gasteiger partial charge is 0.120 e. The molecule has 3 heteroatoms. The monoisotopic (exact) mass is 241 g/mol. The van der Waals surface area contributed by atoms with Crippen molar-refractivity contribution in [1.29, 1.82) is 0 Å². The molecule has 0 fully saturated rings. The molecule has 90 valence electrons. The van der Waals surface area contributed by atoms with Crippen molar-refractivity contribution in [2.45, 2.75) is 32.2 Å². The van der Waals surface area contributed by atoms with Gasteiger partial charge in [0.1, 0.15) is 12.4 Å². The first-order valence-corrected chi connectivity index (χ1v) is 6.19. The summed E-state index contributed by atoms with van der Waals surface area (Å²) in [6.45, 7) is 2.89. The molecule has 1 N–H and O–H groups in total. The maximum atomic E-state index is 5.88. The van der Waals surface area contributed by atoms with Crippen LogP contribution in [0.25, 0.3) is 0 Å². The van der Waals surface area contributed by atoms with E-state index in [2.05, 4.69) is 12.2 Å². The second-order valence-electron chi connectivity index (χ2n) is 3.90. The lowest BCUT2D eigenvalue weighted by molar-refractivity contribution is 0.261. The summed E-state index contributed by atoms with van der Waals surface area (Å²) in [6, 6.07) is 7.94. The van der Waals surface area contributed by atoms with Crippen LogP contribution in [-0.4, -0.2) is 19.7 Å². The van der Waals surface area contributed by atoms with E-state index in [1.54, 1.807) is 0 Å². The minimum Gasteiger partial charge on any atom is -0.492 e. The summed E-state index contributed by atoms with van der Waals surface area (Å²) in [7, 11) is 1.97. The van der Waals surface area contributed by atoms with Crippen molar-refractivity contribution in [3.63, 3.8) is 0 Å². The average Bonchev–Trinajstić information content (AvgIpc) is 2.29. The van der Waals surface area contributed by atoms with E-state index in [0.29, 0.717) is 17.7 Å². The van der Waals surface area contributed by atoms with E-state index >= 15 is 0 Å². The van der Waals surface area contributed by atoms with Crippen LogP contribution >= 0.6 is 11.6 Å². The van der Waals surface area contributed by atoms with Crippen LogP contribution < -0.4 is 10.1 Å². The maximum Gasteiger partial charge on any atom is 0.120 e. The van der Waals surface area contributed by atoms with Gasteiger partial charge in [0.05, 0.1) is 0 Å². The zero-order valence-electron chi connectivity index (χ0n) is 10.0. The second-order valence-corrected chi connectivity index (χ2v) is 4.33. The molecular formula is C13H20ClNO. The highest BCUT2D eigenvalue weighted by Crippen LogP contribution is 2.17. The van der Waals surface area contributed by atoms with E-state index in [9.17, 15) is 0 Å². The van der Waals surface area contributed by atoms with Crippen molar-refractivity contribution in [2.24, 2.45) is 0 Å². The summed E-state index contributed by atoms with van der Waals surface area (Å²) in [5.74, 6) is 0.837. The molecule has 0 radical (unpaired) electrons. The molecule has 0 saturated heterocycles. The highest BCUT2D eigenvalue weighted by atomic mass is 35.5. The first-order chi connectivity index (χ1) is 7.76. The van der Waals surface area contributed by atoms with Crippen molar-refractivity contribution in [3.05, 3.63) is 29.3 Å². The number of likely N-dealkylation sites (N-methyl/N-ethyl adjacent to an activating group) is 1. The zero-order valence-corrected chi connectivity index (χ0v) is 10.8. The van der Waals surface area contributed by atoms with Crippen LogP contribution in [0.5, 0.6) is 5.75 Å². The molecular weight excluding hydrogens is 222 g/mol. The van der Waals surface area contributed by atoms with Crippen molar-refractivity contribution in [2.75, 3.05) is 13.7 Å². The number of nitrogens with one attached hydrogen (secondary N) is 1. The second kappa shape index (κ2) is 7.53. The van der Waals surface area contributed by atoms with Gasteiger partial charge in [-0.3, -0.25) is 0 Å². The Labute approximate surface area is 103 Å². The van der Waals surface area contributed by atoms with Crippen LogP contribution in [0, 0.1) is 0 Å². The maximum absolute atomic E-state index is 5.88. The Bertz CT molecular complexity index is 304. The van der Waals surface area contributed by atoms with Crippen LogP contribution in [0.15, 0.2) is 24.3 Å². The fourth-order valence-electron chi connectivity index (χ4n) is 1.52. The van der Waals surface area contributed by atoms with E-state index < -0.39 is 0 Å². The summed E-state index contributed by atoms with van der Waals surface area (Å²) < 4.78 is 5.69. The lowest BCUT2D eigenvalue weighted by Gasteiger charge is -2.16. The van der Waals surface area contributed by atoms with Crippen molar-refractivity contribution in [1.82, 2.24) is 5.32 Å². The molecule has 0 bridgehead atoms. The van der Waals surface area contributed by atoms with Gasteiger partial charge in [-0.1, -0.05) is 37.4 Å². The van der Waals surface area contributed by atoms with Crippen LogP contribution in [0.1, 0.15) is 26.2 Å². The number of rotatable bonds is 7. The fourth-order valence-corrected chi connectivity index (χ4v) is 1.70. The summed E-state index contributed by atoms with van der Waals surface area (Å²) in [4.78, 5) is 0. The first kappa shape index (κ1) is 13.3. The van der Waals surface area contributed by atoms with E-state index in [1.807, 2.05) is 31.3 Å². The SMILES string of the molecule is CCCCC(COc1cccc(Cl)c1)NC. The predicted molar refractivity (Wildman–Crippen MR) is 69.3 cm³/mol. The molecule has 2 nitrogen and oxygen atoms in total. The van der Waals surface area contributed by atoms with Gasteiger partial charge in [0.2, 0.25) is 0 Å². The minimum absolute atomic E-state index is 0.416. The van der Waals surface area contributed by atoms with Gasteiger partial charge in [0.25, 0.3) is 0 Å². The molecule has 0 aliphatic rings. The third kappa shape index (κ3) is 4.86. The third-order valence-corrected chi connectivity index (χ3v) is 2.80. The van der Waals surface area contributed by atoms with Gasteiger partial charge in [-0.25, -0.2) is 0 Å². The normalized spacial score (nSPS) is 12.4. The number of ether oxygens (including phenoxy) is 1. The summed E-state index contributed by atoms with van der Waals surface area (Å²) in [5, 5.41) is 3.98. The Morgan fingerprint density at radius 1 is 1.44 bits per heavy atom. The number of halogens is 1. The number of hydrogen-bond acceptors (Lipinski definition) is 2. The molecule has 0 aliphatic carbocycles. The van der Waals surface area contributed by atoms with Gasteiger partial charge in [-0.05, 0) is 31.7 Å². The van der Waals surface area contributed by atoms with Gasteiger partial charge < -0.3 is 10.1 Å². The van der Waals surface area contributed by atoms with E-state index in [1.165, 1.54) is 12.8 Å². The molecule has 1 unspecified atom stereocenters. The van der Waals surface area contributed by atoms with Crippen LogP contribution in [0.3, 0.4) is 0 Å². The van der Waals surface area contributed by atoms with Crippen LogP contribution in [-0.2, 0) is 0 Å². The van der Waals surface area contributed by atoms with Gasteiger partial charge in [0.15, 0.2) is 0 Å². The lowest BCUT2D eigenvalue weighted by Crippen LogP contribution is -2.31. The molecule has 1 aromatic carbocycles. The molecule has 0 saturated carbocycles. The van der Waals surface area contributed by atoms with Crippen LogP contribution in [0.4, 0.5) is 0 Å². The molecule has 1 aromatic rings. The molecule has 1 rings (SSSR count). The topological polar surface area (TPSA) is 21.3 Å². The summed E-state index contributed by atoms with van der Waals surface area (Å²) >= 11 is 5.88. The third-order valence-electron chi connectivity index (χ3n) is 2.56. The summed E-state index contributed by atoms with van der Waals surface area (Å²) in [6.07, 6.45) is 3.59. The number of unbranched alkanes of at least 4 members (excludes halogenated alkanes) is 1. The predicted octanol–water partition coefficient (Wildman–Crippen LogP) is 3.50. The standard InChI is InChI=1S/C13H20ClNO/c1-3-4-7-12(15-2)10-16-13-8-5-6-11(14)9-13/h5-6,8-9,12,15H,3-4,7,10H2,1-2H3. The highest BCUT2D eigenvalue weighted by molar-refractivity contribution is 6.30. The number of hydrogen-bond donors (Lipinski definition) is 1. The minimum atomic E-state index is 0.416.